The molecule has 0 unspecified atom stereocenters. The first kappa shape index (κ1) is 18.0. The number of aromatic amines is 1. The minimum atomic E-state index is -2.21. The Kier molecular flexibility index (Phi) is 4.71. The second-order valence-corrected chi connectivity index (χ2v) is 6.25. The number of H-pyrrole nitrogens is 1. The number of nitrogens with one attached hydrogen (secondary N) is 1. The number of fused-ring (bicyclic) bond motifs is 1. The van der Waals surface area contributed by atoms with Crippen molar-refractivity contribution >= 4 is 51.8 Å². The van der Waals surface area contributed by atoms with E-state index >= 15 is 0 Å². The van der Waals surface area contributed by atoms with E-state index in [1.807, 2.05) is 0 Å². The van der Waals surface area contributed by atoms with E-state index < -0.39 is 23.6 Å². The molecule has 0 saturated carbocycles. The highest BCUT2D eigenvalue weighted by Gasteiger charge is 2.29. The van der Waals surface area contributed by atoms with Gasteiger partial charge in [0.05, 0.1) is 33.6 Å². The maximum Gasteiger partial charge on any atom is 0.209 e. The first-order chi connectivity index (χ1) is 12.3. The van der Waals surface area contributed by atoms with Crippen LogP contribution in [0.3, 0.4) is 0 Å². The molecule has 0 atom stereocenters. The second-order valence-electron chi connectivity index (χ2n) is 5.46. The Morgan fingerprint density at radius 2 is 1.54 bits per heavy atom. The van der Waals surface area contributed by atoms with Crippen LogP contribution in [-0.4, -0.2) is 22.7 Å². The average Bonchev–Trinajstić information content (AvgIpc) is 2.97. The molecule has 1 heterocycles. The highest BCUT2D eigenvalue weighted by atomic mass is 35.5. The summed E-state index contributed by atoms with van der Waals surface area (Å²) >= 11 is 12.1. The molecule has 6 nitrogen and oxygen atoms in total. The first-order valence-electron chi connectivity index (χ1n) is 7.34. The smallest absolute Gasteiger partial charge is 0.209 e. The maximum atomic E-state index is 12.8. The van der Waals surface area contributed by atoms with E-state index in [4.69, 9.17) is 23.2 Å². The molecule has 0 fully saturated rings. The topological polar surface area (TPSA) is 113 Å². The predicted octanol–water partition coefficient (Wildman–Crippen LogP) is 1.29. The van der Waals surface area contributed by atoms with Crippen molar-refractivity contribution in [2.24, 2.45) is 0 Å². The fourth-order valence-electron chi connectivity index (χ4n) is 2.78. The van der Waals surface area contributed by atoms with E-state index in [0.29, 0.717) is 0 Å². The normalized spacial score (nSPS) is 11.0. The number of carboxylic acids is 2. The lowest BCUT2D eigenvalue weighted by atomic mass is 9.93. The van der Waals surface area contributed by atoms with Crippen LogP contribution >= 0.6 is 23.2 Å². The molecular weight excluding hydrogens is 381 g/mol. The monoisotopic (exact) mass is 389 g/mol. The molecule has 0 bridgehead atoms. The van der Waals surface area contributed by atoms with Crippen LogP contribution in [0, 0.1) is 0 Å². The minimum Gasteiger partial charge on any atom is -0.549 e. The van der Waals surface area contributed by atoms with Crippen LogP contribution in [0.25, 0.3) is 10.9 Å². The summed E-state index contributed by atoms with van der Waals surface area (Å²) in [5.74, 6) is -6.66. The van der Waals surface area contributed by atoms with Crippen molar-refractivity contribution in [1.82, 2.24) is 4.98 Å². The van der Waals surface area contributed by atoms with E-state index in [1.165, 1.54) is 24.3 Å². The molecule has 0 radical (unpaired) electrons. The molecule has 0 aliphatic heterocycles. The first-order valence-corrected chi connectivity index (χ1v) is 8.09. The van der Waals surface area contributed by atoms with Gasteiger partial charge in [-0.25, -0.2) is 0 Å². The number of benzene rings is 2. The third-order valence-electron chi connectivity index (χ3n) is 3.92. The number of hydrogen-bond acceptors (Lipinski definition) is 5. The zero-order chi connectivity index (χ0) is 19.0. The molecule has 0 aliphatic rings. The molecule has 0 aliphatic carbocycles. The molecule has 3 aromatic rings. The summed E-state index contributed by atoms with van der Waals surface area (Å²) in [5.41, 5.74) is -0.0747. The van der Waals surface area contributed by atoms with Crippen LogP contribution in [0.2, 0.25) is 10.0 Å². The minimum absolute atomic E-state index is 0.0249. The number of hydrogen-bond donors (Lipinski definition) is 1. The Labute approximate surface area is 157 Å². The largest absolute Gasteiger partial charge is 0.549 e. The maximum absolute atomic E-state index is 12.8. The van der Waals surface area contributed by atoms with Crippen molar-refractivity contribution in [2.45, 2.75) is 5.92 Å². The Balaban J connectivity index is 2.38. The number of rotatable bonds is 5. The van der Waals surface area contributed by atoms with Gasteiger partial charge in [0.2, 0.25) is 5.78 Å². The van der Waals surface area contributed by atoms with Crippen molar-refractivity contribution < 1.29 is 24.6 Å². The summed E-state index contributed by atoms with van der Waals surface area (Å²) in [5, 5.41) is 22.9. The van der Waals surface area contributed by atoms with Crippen molar-refractivity contribution in [3.8, 4) is 0 Å². The third-order valence-corrected chi connectivity index (χ3v) is 4.72. The van der Waals surface area contributed by atoms with E-state index in [1.54, 1.807) is 18.2 Å². The van der Waals surface area contributed by atoms with Crippen LogP contribution in [0.4, 0.5) is 0 Å². The van der Waals surface area contributed by atoms with Gasteiger partial charge >= 0.3 is 0 Å². The number of aromatic nitrogens is 1. The number of carbonyl (C=O) groups excluding carboxylic acids is 3. The molecule has 26 heavy (non-hydrogen) atoms. The van der Waals surface area contributed by atoms with Gasteiger partial charge in [-0.2, -0.15) is 0 Å². The molecule has 0 saturated heterocycles. The van der Waals surface area contributed by atoms with Crippen LogP contribution in [0.1, 0.15) is 27.5 Å². The van der Waals surface area contributed by atoms with E-state index in [2.05, 4.69) is 4.98 Å². The highest BCUT2D eigenvalue weighted by molar-refractivity contribution is 6.45. The molecule has 132 valence electrons. The summed E-state index contributed by atoms with van der Waals surface area (Å²) in [6, 6.07) is 10.9. The summed E-state index contributed by atoms with van der Waals surface area (Å²) in [6.45, 7) is 0. The number of carboxylic acid groups (broad SMARTS) is 2. The summed E-state index contributed by atoms with van der Waals surface area (Å²) < 4.78 is 0. The van der Waals surface area contributed by atoms with E-state index in [-0.39, 0.29) is 37.8 Å². The SMILES string of the molecule is O=C(c1ccccc1)c1[nH]c2ccc(Cl)c(Cl)c2c1C(C(=O)[O-])C(=O)[O-]. The quantitative estimate of drug-likeness (QED) is 0.521. The number of halogens is 2. The highest BCUT2D eigenvalue weighted by Crippen LogP contribution is 2.38. The fraction of sp³-hybridized carbons (Fsp3) is 0.0556. The summed E-state index contributed by atoms with van der Waals surface area (Å²) in [6.07, 6.45) is 0. The van der Waals surface area contributed by atoms with Crippen LogP contribution in [0.5, 0.6) is 0 Å². The van der Waals surface area contributed by atoms with E-state index in [0.717, 1.165) is 0 Å². The van der Waals surface area contributed by atoms with Crippen molar-refractivity contribution in [1.29, 1.82) is 0 Å². The lowest BCUT2D eigenvalue weighted by Gasteiger charge is -2.20. The van der Waals surface area contributed by atoms with Gasteiger partial charge in [-0.15, -0.1) is 0 Å². The van der Waals surface area contributed by atoms with Gasteiger partial charge in [-0.1, -0.05) is 53.5 Å². The molecule has 0 amide bonds. The Hall–Kier alpha value is -2.83. The molecule has 0 spiro atoms. The average molecular weight is 390 g/mol. The third kappa shape index (κ3) is 2.94. The fourth-order valence-corrected chi connectivity index (χ4v) is 3.20. The van der Waals surface area contributed by atoms with Crippen molar-refractivity contribution in [3.05, 3.63) is 69.3 Å². The molecule has 2 aromatic carbocycles. The Bertz CT molecular complexity index is 1030. The van der Waals surface area contributed by atoms with Crippen molar-refractivity contribution in [3.63, 3.8) is 0 Å². The summed E-state index contributed by atoms with van der Waals surface area (Å²) in [4.78, 5) is 38.5. The zero-order valence-corrected chi connectivity index (χ0v) is 14.4. The number of carbonyl (C=O) groups is 3. The van der Waals surface area contributed by atoms with Gasteiger partial charge in [-0.3, -0.25) is 4.79 Å². The predicted molar refractivity (Wildman–Crippen MR) is 90.9 cm³/mol. The second kappa shape index (κ2) is 6.82. The molecular formula is C18H9Cl2NO5-2. The lowest BCUT2D eigenvalue weighted by Crippen LogP contribution is -2.42. The standard InChI is InChI=1S/C18H11Cl2NO5/c19-9-6-7-10-11(14(9)20)12(13(17(23)24)18(25)26)15(21-10)16(22)8-4-2-1-3-5-8/h1-7,13,21H,(H,23,24)(H,25,26)/p-2. The van der Waals surface area contributed by atoms with Crippen LogP contribution in [-0.2, 0) is 9.59 Å². The van der Waals surface area contributed by atoms with Gasteiger partial charge in [0, 0.05) is 22.0 Å². The molecule has 8 heteroatoms. The zero-order valence-electron chi connectivity index (χ0n) is 12.9. The van der Waals surface area contributed by atoms with Crippen LogP contribution in [0.15, 0.2) is 42.5 Å². The molecule has 3 rings (SSSR count). The number of ketones is 1. The van der Waals surface area contributed by atoms with E-state index in [9.17, 15) is 24.6 Å². The van der Waals surface area contributed by atoms with Crippen LogP contribution < -0.4 is 10.2 Å². The van der Waals surface area contributed by atoms with Gasteiger partial charge in [0.15, 0.2) is 0 Å². The van der Waals surface area contributed by atoms with Gasteiger partial charge in [0.1, 0.15) is 0 Å². The van der Waals surface area contributed by atoms with Crippen molar-refractivity contribution in [2.75, 3.05) is 0 Å². The van der Waals surface area contributed by atoms with Gasteiger partial charge < -0.3 is 24.8 Å². The number of aliphatic carboxylic acids is 2. The Morgan fingerprint density at radius 3 is 2.12 bits per heavy atom. The molecule has 1 aromatic heterocycles. The Morgan fingerprint density at radius 1 is 0.923 bits per heavy atom. The summed E-state index contributed by atoms with van der Waals surface area (Å²) in [7, 11) is 0. The van der Waals surface area contributed by atoms with Gasteiger partial charge in [-0.05, 0) is 12.1 Å². The molecule has 1 N–H and O–H groups in total. The lowest BCUT2D eigenvalue weighted by molar-refractivity contribution is -0.326. The van der Waals surface area contributed by atoms with Gasteiger partial charge in [0.25, 0.3) is 0 Å².